The first-order valence-corrected chi connectivity index (χ1v) is 4.73. The molecule has 0 radical (unpaired) electrons. The SMILES string of the molecule is Cc1cc([C@H](N)C2CC2)ccc1O.Cl. The fourth-order valence-corrected chi connectivity index (χ4v) is 1.61. The summed E-state index contributed by atoms with van der Waals surface area (Å²) >= 11 is 0. The normalized spacial score (nSPS) is 17.3. The highest BCUT2D eigenvalue weighted by Crippen LogP contribution is 2.39. The number of aryl methyl sites for hydroxylation is 1. The smallest absolute Gasteiger partial charge is 0.118 e. The minimum absolute atomic E-state index is 0. The van der Waals surface area contributed by atoms with Crippen LogP contribution in [0.3, 0.4) is 0 Å². The van der Waals surface area contributed by atoms with E-state index < -0.39 is 0 Å². The lowest BCUT2D eigenvalue weighted by molar-refractivity contribution is 0.470. The molecule has 0 bridgehead atoms. The molecule has 3 N–H and O–H groups in total. The van der Waals surface area contributed by atoms with Gasteiger partial charge in [0, 0.05) is 6.04 Å². The van der Waals surface area contributed by atoms with Crippen molar-refractivity contribution in [1.29, 1.82) is 0 Å². The van der Waals surface area contributed by atoms with Crippen LogP contribution in [0.5, 0.6) is 5.75 Å². The van der Waals surface area contributed by atoms with Gasteiger partial charge in [-0.3, -0.25) is 0 Å². The molecule has 0 heterocycles. The van der Waals surface area contributed by atoms with E-state index in [0.717, 1.165) is 11.1 Å². The molecule has 78 valence electrons. The molecule has 1 atom stereocenters. The second-order valence-corrected chi connectivity index (χ2v) is 3.91. The van der Waals surface area contributed by atoms with Crippen molar-refractivity contribution in [3.63, 3.8) is 0 Å². The van der Waals surface area contributed by atoms with Crippen molar-refractivity contribution in [3.05, 3.63) is 29.3 Å². The highest BCUT2D eigenvalue weighted by Gasteiger charge is 2.29. The van der Waals surface area contributed by atoms with Gasteiger partial charge in [0.15, 0.2) is 0 Å². The third-order valence-electron chi connectivity index (χ3n) is 2.74. The number of nitrogens with two attached hydrogens (primary N) is 1. The third kappa shape index (κ3) is 2.20. The number of aromatic hydroxyl groups is 1. The van der Waals surface area contributed by atoms with Gasteiger partial charge in [-0.25, -0.2) is 0 Å². The molecule has 0 spiro atoms. The Kier molecular flexibility index (Phi) is 3.40. The first kappa shape index (κ1) is 11.3. The van der Waals surface area contributed by atoms with Crippen molar-refractivity contribution in [2.24, 2.45) is 11.7 Å². The zero-order valence-corrected chi connectivity index (χ0v) is 9.05. The molecule has 1 aromatic carbocycles. The average Bonchev–Trinajstić information content (AvgIpc) is 2.91. The van der Waals surface area contributed by atoms with Crippen LogP contribution in [0.4, 0.5) is 0 Å². The first-order valence-electron chi connectivity index (χ1n) is 4.73. The van der Waals surface area contributed by atoms with E-state index in [-0.39, 0.29) is 18.4 Å². The number of rotatable bonds is 2. The van der Waals surface area contributed by atoms with Crippen molar-refractivity contribution >= 4 is 12.4 Å². The lowest BCUT2D eigenvalue weighted by Crippen LogP contribution is -2.12. The fraction of sp³-hybridized carbons (Fsp3) is 0.455. The molecule has 1 fully saturated rings. The van der Waals surface area contributed by atoms with Crippen molar-refractivity contribution in [2.75, 3.05) is 0 Å². The Morgan fingerprint density at radius 2 is 2.07 bits per heavy atom. The first-order chi connectivity index (χ1) is 6.18. The summed E-state index contributed by atoms with van der Waals surface area (Å²) in [5, 5.41) is 9.34. The van der Waals surface area contributed by atoms with E-state index in [1.165, 1.54) is 12.8 Å². The maximum absolute atomic E-state index is 9.34. The molecule has 0 unspecified atom stereocenters. The van der Waals surface area contributed by atoms with Crippen LogP contribution in [0.15, 0.2) is 18.2 Å². The summed E-state index contributed by atoms with van der Waals surface area (Å²) in [4.78, 5) is 0. The molecule has 14 heavy (non-hydrogen) atoms. The summed E-state index contributed by atoms with van der Waals surface area (Å²) < 4.78 is 0. The van der Waals surface area contributed by atoms with Crippen LogP contribution < -0.4 is 5.73 Å². The van der Waals surface area contributed by atoms with Gasteiger partial charge < -0.3 is 10.8 Å². The molecule has 1 aromatic rings. The maximum atomic E-state index is 9.34. The summed E-state index contributed by atoms with van der Waals surface area (Å²) in [6.07, 6.45) is 2.50. The predicted octanol–water partition coefficient (Wildman–Crippen LogP) is 2.53. The Labute approximate surface area is 90.5 Å². The van der Waals surface area contributed by atoms with Crippen LogP contribution in [0.25, 0.3) is 0 Å². The van der Waals surface area contributed by atoms with Gasteiger partial charge in [0.2, 0.25) is 0 Å². The number of halogens is 1. The Morgan fingerprint density at radius 3 is 2.57 bits per heavy atom. The van der Waals surface area contributed by atoms with E-state index in [2.05, 4.69) is 0 Å². The van der Waals surface area contributed by atoms with Gasteiger partial charge in [-0.1, -0.05) is 12.1 Å². The standard InChI is InChI=1S/C11H15NO.ClH/c1-7-6-9(4-5-10(7)13)11(12)8-2-3-8;/h4-6,8,11,13H,2-3,12H2,1H3;1H/t11-;/m1./s1. The Morgan fingerprint density at radius 1 is 1.43 bits per heavy atom. The zero-order valence-electron chi connectivity index (χ0n) is 8.23. The third-order valence-corrected chi connectivity index (χ3v) is 2.74. The highest BCUT2D eigenvalue weighted by atomic mass is 35.5. The Hall–Kier alpha value is -0.730. The van der Waals surface area contributed by atoms with E-state index in [9.17, 15) is 5.11 Å². The molecule has 1 aliphatic rings. The largest absolute Gasteiger partial charge is 0.508 e. The summed E-state index contributed by atoms with van der Waals surface area (Å²) in [5.74, 6) is 1.02. The molecular weight excluding hydrogens is 198 g/mol. The molecule has 0 aromatic heterocycles. The van der Waals surface area contributed by atoms with Crippen LogP contribution in [-0.2, 0) is 0 Å². The molecule has 0 amide bonds. The number of hydrogen-bond acceptors (Lipinski definition) is 2. The van der Waals surface area contributed by atoms with E-state index >= 15 is 0 Å². The molecule has 1 aliphatic carbocycles. The monoisotopic (exact) mass is 213 g/mol. The van der Waals surface area contributed by atoms with Crippen LogP contribution in [-0.4, -0.2) is 5.11 Å². The van der Waals surface area contributed by atoms with E-state index in [4.69, 9.17) is 5.73 Å². The van der Waals surface area contributed by atoms with E-state index in [0.29, 0.717) is 11.7 Å². The lowest BCUT2D eigenvalue weighted by Gasteiger charge is -2.11. The van der Waals surface area contributed by atoms with Gasteiger partial charge >= 0.3 is 0 Å². The number of phenols is 1. The average molecular weight is 214 g/mol. The van der Waals surface area contributed by atoms with Gasteiger partial charge in [-0.05, 0) is 42.9 Å². The Bertz CT molecular complexity index is 323. The van der Waals surface area contributed by atoms with Crippen molar-refractivity contribution in [1.82, 2.24) is 0 Å². The number of phenolic OH excluding ortho intramolecular Hbond substituents is 1. The minimum Gasteiger partial charge on any atom is -0.508 e. The van der Waals surface area contributed by atoms with Crippen LogP contribution >= 0.6 is 12.4 Å². The number of hydrogen-bond donors (Lipinski definition) is 2. The number of benzene rings is 1. The van der Waals surface area contributed by atoms with Gasteiger partial charge in [0.25, 0.3) is 0 Å². The van der Waals surface area contributed by atoms with Crippen LogP contribution in [0.2, 0.25) is 0 Å². The van der Waals surface area contributed by atoms with Gasteiger partial charge in [-0.15, -0.1) is 12.4 Å². The molecule has 2 nitrogen and oxygen atoms in total. The second-order valence-electron chi connectivity index (χ2n) is 3.91. The van der Waals surface area contributed by atoms with Crippen molar-refractivity contribution in [3.8, 4) is 5.75 Å². The Balaban J connectivity index is 0.000000980. The highest BCUT2D eigenvalue weighted by molar-refractivity contribution is 5.85. The zero-order chi connectivity index (χ0) is 9.42. The molecule has 2 rings (SSSR count). The topological polar surface area (TPSA) is 46.2 Å². The molecule has 0 saturated heterocycles. The quantitative estimate of drug-likeness (QED) is 0.793. The maximum Gasteiger partial charge on any atom is 0.118 e. The van der Waals surface area contributed by atoms with E-state index in [1.807, 2.05) is 19.1 Å². The predicted molar refractivity (Wildman–Crippen MR) is 59.7 cm³/mol. The lowest BCUT2D eigenvalue weighted by atomic mass is 10.0. The van der Waals surface area contributed by atoms with Gasteiger partial charge in [0.05, 0.1) is 0 Å². The second kappa shape index (κ2) is 4.20. The molecular formula is C11H16ClNO. The summed E-state index contributed by atoms with van der Waals surface area (Å²) in [7, 11) is 0. The summed E-state index contributed by atoms with van der Waals surface area (Å²) in [6.45, 7) is 1.90. The fourth-order valence-electron chi connectivity index (χ4n) is 1.61. The molecule has 0 aliphatic heterocycles. The van der Waals surface area contributed by atoms with E-state index in [1.54, 1.807) is 6.07 Å². The summed E-state index contributed by atoms with van der Waals surface area (Å²) in [5.41, 5.74) is 8.10. The van der Waals surface area contributed by atoms with Crippen LogP contribution in [0.1, 0.15) is 30.0 Å². The minimum atomic E-state index is 0. The molecule has 3 heteroatoms. The summed E-state index contributed by atoms with van der Waals surface area (Å²) in [6, 6.07) is 5.80. The van der Waals surface area contributed by atoms with Gasteiger partial charge in [-0.2, -0.15) is 0 Å². The van der Waals surface area contributed by atoms with Crippen molar-refractivity contribution in [2.45, 2.75) is 25.8 Å². The molecule has 1 saturated carbocycles. The van der Waals surface area contributed by atoms with Gasteiger partial charge in [0.1, 0.15) is 5.75 Å². The van der Waals surface area contributed by atoms with Crippen LogP contribution in [0, 0.1) is 12.8 Å². The van der Waals surface area contributed by atoms with Crippen molar-refractivity contribution < 1.29 is 5.11 Å².